The fourth-order valence-electron chi connectivity index (χ4n) is 1.90. The Morgan fingerprint density at radius 2 is 1.94 bits per heavy atom. The SMILES string of the molecule is CC(C)N(CCCO)CC(=O)Cc1ccccc1. The van der Waals surface area contributed by atoms with Crippen LogP contribution < -0.4 is 0 Å². The fraction of sp³-hybridized carbons (Fsp3) is 0.533. The lowest BCUT2D eigenvalue weighted by molar-refractivity contribution is -0.120. The number of rotatable bonds is 8. The van der Waals surface area contributed by atoms with Crippen LogP contribution in [-0.4, -0.2) is 41.5 Å². The van der Waals surface area contributed by atoms with E-state index in [1.807, 2.05) is 30.3 Å². The van der Waals surface area contributed by atoms with Crippen molar-refractivity contribution in [3.05, 3.63) is 35.9 Å². The number of benzene rings is 1. The highest BCUT2D eigenvalue weighted by Gasteiger charge is 2.13. The van der Waals surface area contributed by atoms with Crippen molar-refractivity contribution < 1.29 is 9.90 Å². The molecule has 0 bridgehead atoms. The van der Waals surface area contributed by atoms with Crippen LogP contribution in [0.25, 0.3) is 0 Å². The highest BCUT2D eigenvalue weighted by molar-refractivity contribution is 5.82. The summed E-state index contributed by atoms with van der Waals surface area (Å²) in [6.07, 6.45) is 1.21. The largest absolute Gasteiger partial charge is 0.396 e. The Morgan fingerprint density at radius 3 is 2.50 bits per heavy atom. The molecule has 1 aromatic rings. The third-order valence-electron chi connectivity index (χ3n) is 2.96. The lowest BCUT2D eigenvalue weighted by atomic mass is 10.1. The summed E-state index contributed by atoms with van der Waals surface area (Å²) in [5.74, 6) is 0.229. The minimum absolute atomic E-state index is 0.177. The molecule has 0 spiro atoms. The van der Waals surface area contributed by atoms with Gasteiger partial charge in [0.1, 0.15) is 0 Å². The second-order valence-electron chi connectivity index (χ2n) is 4.84. The second-order valence-corrected chi connectivity index (χ2v) is 4.84. The molecular weight excluding hydrogens is 226 g/mol. The maximum absolute atomic E-state index is 12.0. The van der Waals surface area contributed by atoms with Crippen LogP contribution in [0, 0.1) is 0 Å². The minimum Gasteiger partial charge on any atom is -0.396 e. The van der Waals surface area contributed by atoms with E-state index in [1.54, 1.807) is 0 Å². The van der Waals surface area contributed by atoms with Gasteiger partial charge in [-0.05, 0) is 25.8 Å². The van der Waals surface area contributed by atoms with Gasteiger partial charge in [0.2, 0.25) is 0 Å². The smallest absolute Gasteiger partial charge is 0.151 e. The molecule has 0 aliphatic rings. The number of hydrogen-bond donors (Lipinski definition) is 1. The van der Waals surface area contributed by atoms with Gasteiger partial charge in [-0.1, -0.05) is 30.3 Å². The van der Waals surface area contributed by atoms with Gasteiger partial charge in [-0.25, -0.2) is 0 Å². The van der Waals surface area contributed by atoms with Crippen LogP contribution in [0.3, 0.4) is 0 Å². The lowest BCUT2D eigenvalue weighted by Gasteiger charge is -2.25. The fourth-order valence-corrected chi connectivity index (χ4v) is 1.90. The molecule has 0 radical (unpaired) electrons. The first-order valence-electron chi connectivity index (χ1n) is 6.54. The van der Waals surface area contributed by atoms with Gasteiger partial charge >= 0.3 is 0 Å². The summed E-state index contributed by atoms with van der Waals surface area (Å²) >= 11 is 0. The Balaban J connectivity index is 2.46. The number of carbonyl (C=O) groups is 1. The molecule has 3 nitrogen and oxygen atoms in total. The first-order valence-corrected chi connectivity index (χ1v) is 6.54. The van der Waals surface area contributed by atoms with E-state index in [1.165, 1.54) is 0 Å². The van der Waals surface area contributed by atoms with E-state index < -0.39 is 0 Å². The summed E-state index contributed by atoms with van der Waals surface area (Å²) in [6.45, 7) is 5.57. The van der Waals surface area contributed by atoms with Gasteiger partial charge in [0, 0.05) is 25.6 Å². The Bertz CT molecular complexity index is 349. The summed E-state index contributed by atoms with van der Waals surface area (Å²) in [5.41, 5.74) is 1.06. The standard InChI is InChI=1S/C15H23NO2/c1-13(2)16(9-6-10-17)12-15(18)11-14-7-4-3-5-8-14/h3-5,7-8,13,17H,6,9-12H2,1-2H3. The second kappa shape index (κ2) is 8.01. The summed E-state index contributed by atoms with van der Waals surface area (Å²) in [7, 11) is 0. The Labute approximate surface area is 109 Å². The van der Waals surface area contributed by atoms with Crippen LogP contribution in [0.4, 0.5) is 0 Å². The van der Waals surface area contributed by atoms with E-state index in [2.05, 4.69) is 18.7 Å². The Hall–Kier alpha value is -1.19. The summed E-state index contributed by atoms with van der Waals surface area (Å²) in [5, 5.41) is 8.85. The Kier molecular flexibility index (Phi) is 6.61. The molecule has 1 N–H and O–H groups in total. The number of hydrogen-bond acceptors (Lipinski definition) is 3. The summed E-state index contributed by atoms with van der Waals surface area (Å²) < 4.78 is 0. The molecule has 0 atom stereocenters. The molecule has 18 heavy (non-hydrogen) atoms. The number of aliphatic hydroxyl groups excluding tert-OH is 1. The highest BCUT2D eigenvalue weighted by atomic mass is 16.3. The highest BCUT2D eigenvalue weighted by Crippen LogP contribution is 2.04. The zero-order valence-corrected chi connectivity index (χ0v) is 11.3. The van der Waals surface area contributed by atoms with Crippen molar-refractivity contribution in [3.8, 4) is 0 Å². The monoisotopic (exact) mass is 249 g/mol. The maximum Gasteiger partial charge on any atom is 0.151 e. The molecule has 0 unspecified atom stereocenters. The molecular formula is C15H23NO2. The zero-order chi connectivity index (χ0) is 13.4. The van der Waals surface area contributed by atoms with Crippen LogP contribution in [0.2, 0.25) is 0 Å². The predicted molar refractivity (Wildman–Crippen MR) is 73.6 cm³/mol. The normalized spacial score (nSPS) is 11.2. The predicted octanol–water partition coefficient (Wildman–Crippen LogP) is 1.89. The zero-order valence-electron chi connectivity index (χ0n) is 11.3. The van der Waals surface area contributed by atoms with Crippen molar-refractivity contribution in [1.82, 2.24) is 4.90 Å². The minimum atomic E-state index is 0.177. The first-order chi connectivity index (χ1) is 8.63. The molecule has 0 saturated heterocycles. The number of ketones is 1. The van der Waals surface area contributed by atoms with Crippen molar-refractivity contribution in [2.45, 2.75) is 32.7 Å². The molecule has 0 saturated carbocycles. The number of Topliss-reactive ketones (excluding diaryl/α,β-unsaturated/α-hetero) is 1. The first kappa shape index (κ1) is 14.9. The van der Waals surface area contributed by atoms with E-state index in [4.69, 9.17) is 5.11 Å². The molecule has 0 aliphatic carbocycles. The van der Waals surface area contributed by atoms with E-state index in [9.17, 15) is 4.79 Å². The van der Waals surface area contributed by atoms with Crippen LogP contribution in [-0.2, 0) is 11.2 Å². The molecule has 0 heterocycles. The third-order valence-corrected chi connectivity index (χ3v) is 2.96. The molecule has 0 aromatic heterocycles. The number of carbonyl (C=O) groups excluding carboxylic acids is 1. The van der Waals surface area contributed by atoms with Crippen molar-refractivity contribution >= 4 is 5.78 Å². The van der Waals surface area contributed by atoms with Crippen LogP contribution in [0.1, 0.15) is 25.8 Å². The van der Waals surface area contributed by atoms with Gasteiger partial charge in [-0.2, -0.15) is 0 Å². The van der Waals surface area contributed by atoms with Gasteiger partial charge < -0.3 is 5.11 Å². The Morgan fingerprint density at radius 1 is 1.28 bits per heavy atom. The lowest BCUT2D eigenvalue weighted by Crippen LogP contribution is -2.37. The van der Waals surface area contributed by atoms with E-state index in [0.717, 1.165) is 18.5 Å². The molecule has 0 amide bonds. The number of nitrogens with zero attached hydrogens (tertiary/aromatic N) is 1. The topological polar surface area (TPSA) is 40.5 Å². The summed E-state index contributed by atoms with van der Waals surface area (Å²) in [6, 6.07) is 10.1. The third kappa shape index (κ3) is 5.43. The van der Waals surface area contributed by atoms with Gasteiger partial charge in [0.15, 0.2) is 5.78 Å². The van der Waals surface area contributed by atoms with Gasteiger partial charge in [0.25, 0.3) is 0 Å². The van der Waals surface area contributed by atoms with Crippen molar-refractivity contribution in [3.63, 3.8) is 0 Å². The maximum atomic E-state index is 12.0. The van der Waals surface area contributed by atoms with Crippen molar-refractivity contribution in [2.75, 3.05) is 19.7 Å². The van der Waals surface area contributed by atoms with Crippen LogP contribution >= 0.6 is 0 Å². The van der Waals surface area contributed by atoms with Crippen molar-refractivity contribution in [1.29, 1.82) is 0 Å². The molecule has 3 heteroatoms. The molecule has 100 valence electrons. The summed E-state index contributed by atoms with van der Waals surface area (Å²) in [4.78, 5) is 14.1. The van der Waals surface area contributed by atoms with Crippen LogP contribution in [0.5, 0.6) is 0 Å². The van der Waals surface area contributed by atoms with Crippen LogP contribution in [0.15, 0.2) is 30.3 Å². The van der Waals surface area contributed by atoms with Gasteiger partial charge in [0.05, 0.1) is 6.54 Å². The molecule has 0 fully saturated rings. The van der Waals surface area contributed by atoms with Gasteiger partial charge in [-0.15, -0.1) is 0 Å². The van der Waals surface area contributed by atoms with E-state index >= 15 is 0 Å². The molecule has 0 aliphatic heterocycles. The quantitative estimate of drug-likeness (QED) is 0.765. The van der Waals surface area contributed by atoms with Gasteiger partial charge in [-0.3, -0.25) is 9.69 Å². The van der Waals surface area contributed by atoms with E-state index in [0.29, 0.717) is 19.0 Å². The average molecular weight is 249 g/mol. The average Bonchev–Trinajstić information content (AvgIpc) is 2.35. The number of aliphatic hydroxyl groups is 1. The molecule has 1 rings (SSSR count). The molecule has 1 aromatic carbocycles. The van der Waals surface area contributed by atoms with Crippen molar-refractivity contribution in [2.24, 2.45) is 0 Å². The van der Waals surface area contributed by atoms with E-state index in [-0.39, 0.29) is 12.4 Å².